The summed E-state index contributed by atoms with van der Waals surface area (Å²) in [6, 6.07) is 6.98. The van der Waals surface area contributed by atoms with Crippen LogP contribution in [0.5, 0.6) is 5.75 Å². The Morgan fingerprint density at radius 1 is 1.05 bits per heavy atom. The van der Waals surface area contributed by atoms with E-state index in [1.807, 2.05) is 12.1 Å². The van der Waals surface area contributed by atoms with Crippen molar-refractivity contribution in [3.8, 4) is 17.0 Å². The number of nitrogens with zero attached hydrogens (tertiary/aromatic N) is 4. The van der Waals surface area contributed by atoms with Gasteiger partial charge in [-0.1, -0.05) is 40.5 Å². The highest BCUT2D eigenvalue weighted by atomic mass is 35.5. The molecule has 0 bridgehead atoms. The first kappa shape index (κ1) is 25.8. The van der Waals surface area contributed by atoms with Crippen molar-refractivity contribution in [2.75, 3.05) is 6.61 Å². The molecule has 6 rings (SSSR count). The summed E-state index contributed by atoms with van der Waals surface area (Å²) in [5, 5.41) is 22.8. The van der Waals surface area contributed by atoms with E-state index in [4.69, 9.17) is 37.6 Å². The third-order valence-corrected chi connectivity index (χ3v) is 8.06. The minimum atomic E-state index is -1.09. The molecular weight excluding hydrogens is 539 g/mol. The Labute approximate surface area is 235 Å². The van der Waals surface area contributed by atoms with Crippen molar-refractivity contribution in [1.82, 2.24) is 20.3 Å². The van der Waals surface area contributed by atoms with Gasteiger partial charge in [0.05, 0.1) is 22.2 Å². The van der Waals surface area contributed by atoms with Gasteiger partial charge in [-0.15, -0.1) is 10.2 Å². The molecule has 2 saturated carbocycles. The second-order valence-electron chi connectivity index (χ2n) is 10.3. The average Bonchev–Trinajstić information content (AvgIpc) is 3.71. The lowest BCUT2D eigenvalue weighted by Gasteiger charge is -2.26. The number of benzene rings is 1. The molecule has 0 spiro atoms. The van der Waals surface area contributed by atoms with Gasteiger partial charge in [-0.3, -0.25) is 4.98 Å². The van der Waals surface area contributed by atoms with E-state index in [-0.39, 0.29) is 5.69 Å². The predicted octanol–water partition coefficient (Wildman–Crippen LogP) is 7.46. The van der Waals surface area contributed by atoms with Crippen LogP contribution in [0.1, 0.15) is 66.3 Å². The summed E-state index contributed by atoms with van der Waals surface area (Å²) in [7, 11) is 0. The van der Waals surface area contributed by atoms with Gasteiger partial charge in [-0.25, -0.2) is 4.79 Å². The summed E-state index contributed by atoms with van der Waals surface area (Å²) >= 11 is 12.9. The van der Waals surface area contributed by atoms with Crippen molar-refractivity contribution in [3.63, 3.8) is 0 Å². The van der Waals surface area contributed by atoms with E-state index in [9.17, 15) is 4.79 Å². The van der Waals surface area contributed by atoms with E-state index in [1.165, 1.54) is 6.07 Å². The number of carboxylic acid groups (broad SMARTS) is 1. The number of carboxylic acids is 1. The van der Waals surface area contributed by atoms with Gasteiger partial charge >= 0.3 is 5.97 Å². The van der Waals surface area contributed by atoms with E-state index >= 15 is 0 Å². The summed E-state index contributed by atoms with van der Waals surface area (Å²) in [5.41, 5.74) is 2.83. The molecule has 2 fully saturated rings. The molecule has 2 aliphatic rings. The van der Waals surface area contributed by atoms with Crippen molar-refractivity contribution in [2.24, 2.45) is 11.8 Å². The number of fused-ring (bicyclic) bond motifs is 1. The zero-order valence-corrected chi connectivity index (χ0v) is 22.5. The SMILES string of the molecule is O=C(O)c1cc2ccc(OCC3CCC(/C=C/c4c(-c5c(Cl)cncc5Cl)noc4C4CC4)CC3)cc2nn1. The Morgan fingerprint density at radius 2 is 1.82 bits per heavy atom. The third kappa shape index (κ3) is 5.63. The lowest BCUT2D eigenvalue weighted by atomic mass is 9.82. The van der Waals surface area contributed by atoms with Crippen molar-refractivity contribution in [3.05, 3.63) is 69.8 Å². The quantitative estimate of drug-likeness (QED) is 0.234. The molecule has 0 saturated heterocycles. The van der Waals surface area contributed by atoms with Crippen LogP contribution >= 0.6 is 23.2 Å². The maximum absolute atomic E-state index is 11.1. The van der Waals surface area contributed by atoms with Gasteiger partial charge in [0, 0.05) is 40.9 Å². The Hall–Kier alpha value is -3.49. The zero-order chi connectivity index (χ0) is 26.9. The fourth-order valence-electron chi connectivity index (χ4n) is 5.13. The fourth-order valence-corrected chi connectivity index (χ4v) is 5.68. The number of allylic oxidation sites excluding steroid dienone is 1. The van der Waals surface area contributed by atoms with Crippen LogP contribution < -0.4 is 4.74 Å². The largest absolute Gasteiger partial charge is 0.493 e. The Kier molecular flexibility index (Phi) is 7.23. The minimum Gasteiger partial charge on any atom is -0.493 e. The van der Waals surface area contributed by atoms with Crippen LogP contribution in [0.2, 0.25) is 10.0 Å². The maximum Gasteiger partial charge on any atom is 0.356 e. The molecule has 0 unspecified atom stereocenters. The number of aromatic nitrogens is 4. The summed E-state index contributed by atoms with van der Waals surface area (Å²) in [6.45, 7) is 0.628. The van der Waals surface area contributed by atoms with E-state index < -0.39 is 5.97 Å². The molecule has 0 radical (unpaired) electrons. The summed E-state index contributed by atoms with van der Waals surface area (Å²) in [6.07, 6.45) is 14.0. The number of rotatable bonds is 8. The molecule has 0 atom stereocenters. The van der Waals surface area contributed by atoms with Crippen molar-refractivity contribution < 1.29 is 19.2 Å². The summed E-state index contributed by atoms with van der Waals surface area (Å²) in [4.78, 5) is 15.2. The second-order valence-corrected chi connectivity index (χ2v) is 11.1. The molecule has 200 valence electrons. The first-order valence-electron chi connectivity index (χ1n) is 13.1. The van der Waals surface area contributed by atoms with Gasteiger partial charge in [-0.2, -0.15) is 0 Å². The van der Waals surface area contributed by atoms with Gasteiger partial charge in [0.15, 0.2) is 5.69 Å². The number of ether oxygens (including phenoxy) is 1. The van der Waals surface area contributed by atoms with Crippen molar-refractivity contribution >= 4 is 46.2 Å². The second kappa shape index (κ2) is 10.9. The smallest absolute Gasteiger partial charge is 0.356 e. The van der Waals surface area contributed by atoms with Crippen LogP contribution in [0.25, 0.3) is 28.2 Å². The van der Waals surface area contributed by atoms with Gasteiger partial charge in [0.2, 0.25) is 0 Å². The Balaban J connectivity index is 1.08. The first-order valence-corrected chi connectivity index (χ1v) is 13.8. The molecule has 4 aromatic rings. The minimum absolute atomic E-state index is 0.0732. The summed E-state index contributed by atoms with van der Waals surface area (Å²) in [5.74, 6) is 1.85. The van der Waals surface area contributed by atoms with Crippen LogP contribution in [0, 0.1) is 11.8 Å². The molecule has 8 nitrogen and oxygen atoms in total. The topological polar surface area (TPSA) is 111 Å². The van der Waals surface area contributed by atoms with E-state index in [0.717, 1.165) is 55.2 Å². The molecular formula is C29H26Cl2N4O4. The van der Waals surface area contributed by atoms with Crippen molar-refractivity contribution in [2.45, 2.75) is 44.4 Å². The van der Waals surface area contributed by atoms with E-state index in [0.29, 0.717) is 56.9 Å². The maximum atomic E-state index is 11.1. The molecule has 39 heavy (non-hydrogen) atoms. The molecule has 3 aromatic heterocycles. The molecule has 2 aliphatic carbocycles. The van der Waals surface area contributed by atoms with Gasteiger partial charge in [-0.05, 0) is 68.6 Å². The average molecular weight is 565 g/mol. The third-order valence-electron chi connectivity index (χ3n) is 7.49. The Bertz CT molecular complexity index is 1540. The zero-order valence-electron chi connectivity index (χ0n) is 21.0. The van der Waals surface area contributed by atoms with Crippen LogP contribution in [-0.2, 0) is 0 Å². The number of halogens is 2. The normalized spacial score (nSPS) is 19.5. The first-order chi connectivity index (χ1) is 19.0. The number of carbonyl (C=O) groups is 1. The number of hydrogen-bond acceptors (Lipinski definition) is 7. The molecule has 1 aromatic carbocycles. The predicted molar refractivity (Wildman–Crippen MR) is 148 cm³/mol. The van der Waals surface area contributed by atoms with Crippen LogP contribution in [0.3, 0.4) is 0 Å². The van der Waals surface area contributed by atoms with Crippen LogP contribution in [-0.4, -0.2) is 38.0 Å². The molecule has 0 amide bonds. The van der Waals surface area contributed by atoms with Gasteiger partial charge in [0.25, 0.3) is 0 Å². The van der Waals surface area contributed by atoms with Gasteiger partial charge in [0.1, 0.15) is 17.2 Å². The number of hydrogen-bond donors (Lipinski definition) is 1. The van der Waals surface area contributed by atoms with Crippen molar-refractivity contribution in [1.29, 1.82) is 0 Å². The molecule has 3 heterocycles. The number of pyridine rings is 1. The lowest BCUT2D eigenvalue weighted by Crippen LogP contribution is -2.19. The van der Waals surface area contributed by atoms with Crippen LogP contribution in [0.15, 0.2) is 47.3 Å². The summed E-state index contributed by atoms with van der Waals surface area (Å²) < 4.78 is 11.8. The molecule has 0 aliphatic heterocycles. The van der Waals surface area contributed by atoms with Gasteiger partial charge < -0.3 is 14.4 Å². The fraction of sp³-hybridized carbons (Fsp3) is 0.345. The van der Waals surface area contributed by atoms with E-state index in [2.05, 4.69) is 32.5 Å². The highest BCUT2D eigenvalue weighted by Crippen LogP contribution is 2.46. The van der Waals surface area contributed by atoms with E-state index in [1.54, 1.807) is 18.5 Å². The highest BCUT2D eigenvalue weighted by Gasteiger charge is 2.33. The molecule has 10 heteroatoms. The molecule has 1 N–H and O–H groups in total. The monoisotopic (exact) mass is 564 g/mol. The Morgan fingerprint density at radius 3 is 2.54 bits per heavy atom. The van der Waals surface area contributed by atoms with Crippen LogP contribution in [0.4, 0.5) is 0 Å². The number of aromatic carboxylic acids is 1. The lowest BCUT2D eigenvalue weighted by molar-refractivity contribution is 0.0689. The highest BCUT2D eigenvalue weighted by molar-refractivity contribution is 6.39. The standard InChI is InChI=1S/C29H26Cl2N4O4/c30-22-13-32-14-23(31)26(22)27-21(28(39-35-27)18-6-7-18)10-5-16-1-3-17(4-2-16)15-38-20-9-8-19-11-25(29(36)37)34-33-24(19)12-20/h5,8-14,16-18H,1-4,6-7,15H2,(H,36,37)/b10-5+.